The molecule has 2 aromatic carbocycles. The molecule has 0 heterocycles. The first-order valence-corrected chi connectivity index (χ1v) is 8.54. The zero-order valence-corrected chi connectivity index (χ0v) is 15.1. The number of ketones is 1. The van der Waals surface area contributed by atoms with Gasteiger partial charge in [-0.15, -0.1) is 6.58 Å². The van der Waals surface area contributed by atoms with Gasteiger partial charge in [-0.2, -0.15) is 0 Å². The van der Waals surface area contributed by atoms with Crippen LogP contribution in [0.2, 0.25) is 0 Å². The van der Waals surface area contributed by atoms with Gasteiger partial charge >= 0.3 is 0 Å². The fourth-order valence-electron chi connectivity index (χ4n) is 2.87. The Morgan fingerprint density at radius 2 is 1.88 bits per heavy atom. The van der Waals surface area contributed by atoms with E-state index in [1.807, 2.05) is 12.1 Å². The third-order valence-corrected chi connectivity index (χ3v) is 4.37. The van der Waals surface area contributed by atoms with Crippen LogP contribution in [0.25, 0.3) is 6.08 Å². The largest absolute Gasteiger partial charge is 0.508 e. The minimum absolute atomic E-state index is 0.102. The highest BCUT2D eigenvalue weighted by atomic mass is 16.5. The second kappa shape index (κ2) is 8.90. The molecule has 0 saturated heterocycles. The van der Waals surface area contributed by atoms with Crippen LogP contribution < -0.4 is 4.74 Å². The lowest BCUT2D eigenvalue weighted by Crippen LogP contribution is -1.99. The number of rotatable bonds is 8. The zero-order valence-electron chi connectivity index (χ0n) is 15.1. The summed E-state index contributed by atoms with van der Waals surface area (Å²) >= 11 is 0. The molecule has 0 fully saturated rings. The van der Waals surface area contributed by atoms with Gasteiger partial charge in [-0.05, 0) is 66.8 Å². The number of ether oxygens (including phenoxy) is 1. The van der Waals surface area contributed by atoms with Crippen LogP contribution in [-0.4, -0.2) is 23.1 Å². The van der Waals surface area contributed by atoms with Crippen molar-refractivity contribution in [3.8, 4) is 17.2 Å². The number of benzene rings is 2. The van der Waals surface area contributed by atoms with Crippen molar-refractivity contribution in [2.24, 2.45) is 0 Å². The minimum Gasteiger partial charge on any atom is -0.508 e. The van der Waals surface area contributed by atoms with Crippen LogP contribution in [0.15, 0.2) is 55.1 Å². The number of carbonyl (C=O) groups is 1. The topological polar surface area (TPSA) is 66.8 Å². The van der Waals surface area contributed by atoms with E-state index in [0.29, 0.717) is 16.9 Å². The molecular weight excluding hydrogens is 328 g/mol. The molecule has 4 heteroatoms. The highest BCUT2D eigenvalue weighted by Gasteiger charge is 2.17. The Morgan fingerprint density at radius 3 is 2.46 bits per heavy atom. The van der Waals surface area contributed by atoms with E-state index < -0.39 is 0 Å². The molecule has 1 atom stereocenters. The molecule has 0 aliphatic rings. The fraction of sp³-hybridized carbons (Fsp3) is 0.227. The highest BCUT2D eigenvalue weighted by Crippen LogP contribution is 2.38. The van der Waals surface area contributed by atoms with Gasteiger partial charge in [0.15, 0.2) is 5.78 Å². The van der Waals surface area contributed by atoms with Gasteiger partial charge in [-0.25, -0.2) is 0 Å². The van der Waals surface area contributed by atoms with Crippen molar-refractivity contribution in [2.45, 2.75) is 25.7 Å². The Hall–Kier alpha value is -3.01. The number of allylic oxidation sites excluding steroid dienone is 2. The Kier molecular flexibility index (Phi) is 6.61. The summed E-state index contributed by atoms with van der Waals surface area (Å²) in [5.41, 5.74) is 1.73. The molecule has 0 amide bonds. The quantitative estimate of drug-likeness (QED) is 0.395. The zero-order chi connectivity index (χ0) is 19.1. The number of phenols is 2. The molecule has 2 rings (SSSR count). The normalized spacial score (nSPS) is 12.1. The van der Waals surface area contributed by atoms with Crippen molar-refractivity contribution in [2.75, 3.05) is 7.11 Å². The molecule has 0 aliphatic heterocycles. The van der Waals surface area contributed by atoms with E-state index in [2.05, 4.69) is 13.5 Å². The molecule has 2 N–H and O–H groups in total. The maximum absolute atomic E-state index is 12.3. The van der Waals surface area contributed by atoms with E-state index in [1.54, 1.807) is 24.3 Å². The minimum atomic E-state index is -0.227. The SMILES string of the molecule is C=CCC(CC)c1ccc(OC)c(/C=C/C(=O)c2ccc(O)cc2)c1O. The van der Waals surface area contributed by atoms with Crippen LogP contribution in [0.4, 0.5) is 0 Å². The van der Waals surface area contributed by atoms with Crippen LogP contribution >= 0.6 is 0 Å². The second-order valence-electron chi connectivity index (χ2n) is 5.99. The summed E-state index contributed by atoms with van der Waals surface area (Å²) in [4.78, 5) is 12.3. The van der Waals surface area contributed by atoms with Gasteiger partial charge in [0.25, 0.3) is 0 Å². The number of hydrogen-bond donors (Lipinski definition) is 2. The average molecular weight is 352 g/mol. The molecule has 0 bridgehead atoms. The van der Waals surface area contributed by atoms with Gasteiger partial charge in [-0.3, -0.25) is 4.79 Å². The molecular formula is C22H24O4. The molecule has 2 aromatic rings. The lowest BCUT2D eigenvalue weighted by Gasteiger charge is -2.18. The van der Waals surface area contributed by atoms with Crippen LogP contribution in [0.5, 0.6) is 17.2 Å². The summed E-state index contributed by atoms with van der Waals surface area (Å²) in [6.07, 6.45) is 6.41. The van der Waals surface area contributed by atoms with Crippen molar-refractivity contribution in [3.63, 3.8) is 0 Å². The fourth-order valence-corrected chi connectivity index (χ4v) is 2.87. The number of aromatic hydroxyl groups is 2. The molecule has 1 unspecified atom stereocenters. The van der Waals surface area contributed by atoms with Crippen molar-refractivity contribution < 1.29 is 19.7 Å². The molecule has 0 radical (unpaired) electrons. The third-order valence-electron chi connectivity index (χ3n) is 4.37. The maximum Gasteiger partial charge on any atom is 0.185 e. The lowest BCUT2D eigenvalue weighted by atomic mass is 9.90. The number of phenolic OH excluding ortho intramolecular Hbond substituents is 2. The van der Waals surface area contributed by atoms with Crippen LogP contribution in [0, 0.1) is 0 Å². The Morgan fingerprint density at radius 1 is 1.19 bits per heavy atom. The Balaban J connectivity index is 2.38. The highest BCUT2D eigenvalue weighted by molar-refractivity contribution is 6.07. The summed E-state index contributed by atoms with van der Waals surface area (Å²) in [5.74, 6) is 0.640. The van der Waals surface area contributed by atoms with E-state index in [9.17, 15) is 15.0 Å². The first kappa shape index (κ1) is 19.3. The summed E-state index contributed by atoms with van der Waals surface area (Å²) < 4.78 is 5.33. The molecule has 0 aromatic heterocycles. The predicted molar refractivity (Wildman–Crippen MR) is 104 cm³/mol. The standard InChI is InChI=1S/C22H24O4/c1-4-6-15(5-2)18-12-14-21(26-3)19(22(18)25)11-13-20(24)16-7-9-17(23)10-8-16/h4,7-15,23,25H,1,5-6H2,2-3H3/b13-11+. The number of hydrogen-bond acceptors (Lipinski definition) is 4. The van der Waals surface area contributed by atoms with Gasteiger partial charge in [0.2, 0.25) is 0 Å². The summed E-state index contributed by atoms with van der Waals surface area (Å²) in [7, 11) is 1.52. The third kappa shape index (κ3) is 4.33. The first-order valence-electron chi connectivity index (χ1n) is 8.54. The van der Waals surface area contributed by atoms with Crippen molar-refractivity contribution in [1.29, 1.82) is 0 Å². The summed E-state index contributed by atoms with van der Waals surface area (Å²) in [5, 5.41) is 20.1. The lowest BCUT2D eigenvalue weighted by molar-refractivity contribution is 0.104. The van der Waals surface area contributed by atoms with Crippen LogP contribution in [0.3, 0.4) is 0 Å². The summed E-state index contributed by atoms with van der Waals surface area (Å²) in [6.45, 7) is 5.83. The van der Waals surface area contributed by atoms with Gasteiger partial charge in [-0.1, -0.05) is 19.1 Å². The monoisotopic (exact) mass is 352 g/mol. The molecule has 4 nitrogen and oxygen atoms in total. The van der Waals surface area contributed by atoms with Crippen molar-refractivity contribution in [3.05, 3.63) is 71.8 Å². The van der Waals surface area contributed by atoms with Crippen LogP contribution in [0.1, 0.15) is 47.2 Å². The van der Waals surface area contributed by atoms with Crippen molar-refractivity contribution in [1.82, 2.24) is 0 Å². The van der Waals surface area contributed by atoms with E-state index in [4.69, 9.17) is 4.74 Å². The average Bonchev–Trinajstić information content (AvgIpc) is 2.65. The van der Waals surface area contributed by atoms with E-state index in [1.165, 1.54) is 25.3 Å². The Labute approximate surface area is 154 Å². The Bertz CT molecular complexity index is 804. The maximum atomic E-state index is 12.3. The molecule has 0 spiro atoms. The van der Waals surface area contributed by atoms with E-state index in [-0.39, 0.29) is 23.2 Å². The second-order valence-corrected chi connectivity index (χ2v) is 5.99. The molecule has 136 valence electrons. The first-order chi connectivity index (χ1) is 12.5. The smallest absolute Gasteiger partial charge is 0.185 e. The van der Waals surface area contributed by atoms with Gasteiger partial charge in [0.05, 0.1) is 12.7 Å². The van der Waals surface area contributed by atoms with E-state index in [0.717, 1.165) is 18.4 Å². The number of methoxy groups -OCH3 is 1. The molecule has 26 heavy (non-hydrogen) atoms. The predicted octanol–water partition coefficient (Wildman–Crippen LogP) is 5.07. The van der Waals surface area contributed by atoms with Gasteiger partial charge < -0.3 is 14.9 Å². The van der Waals surface area contributed by atoms with E-state index >= 15 is 0 Å². The van der Waals surface area contributed by atoms with Crippen molar-refractivity contribution >= 4 is 11.9 Å². The van der Waals surface area contributed by atoms with Gasteiger partial charge in [0.1, 0.15) is 17.2 Å². The van der Waals surface area contributed by atoms with Crippen LogP contribution in [-0.2, 0) is 0 Å². The number of carbonyl (C=O) groups excluding carboxylic acids is 1. The molecule has 0 saturated carbocycles. The van der Waals surface area contributed by atoms with Gasteiger partial charge in [0, 0.05) is 5.56 Å². The summed E-state index contributed by atoms with van der Waals surface area (Å²) in [6, 6.07) is 9.66. The molecule has 0 aliphatic carbocycles.